The van der Waals surface area contributed by atoms with Crippen LogP contribution in [0.4, 0.5) is 0 Å². The molecule has 21 heteroatoms. The maximum atomic E-state index is 12.3. The molecular formula is C41H76IN6O13S-. The number of halogens is 1. The molecule has 0 radical (unpaired) electrons. The van der Waals surface area contributed by atoms with Crippen LogP contribution in [-0.2, 0) is 52.5 Å². The third kappa shape index (κ3) is 40.1. The molecule has 0 saturated carbocycles. The van der Waals surface area contributed by atoms with Crippen molar-refractivity contribution in [2.75, 3.05) is 72.5 Å². The fourth-order valence-corrected chi connectivity index (χ4v) is 7.37. The molecule has 0 aliphatic carbocycles. The summed E-state index contributed by atoms with van der Waals surface area (Å²) in [6, 6.07) is -1.49. The fourth-order valence-electron chi connectivity index (χ4n) is 5.97. The maximum absolute atomic E-state index is 12.3. The Balaban J connectivity index is 3.66. The van der Waals surface area contributed by atoms with E-state index in [1.807, 2.05) is 0 Å². The van der Waals surface area contributed by atoms with Crippen molar-refractivity contribution in [3.05, 3.63) is 0 Å². The van der Waals surface area contributed by atoms with E-state index in [0.29, 0.717) is 25.8 Å². The van der Waals surface area contributed by atoms with Gasteiger partial charge in [-0.2, -0.15) is 0 Å². The Hall–Kier alpha value is -2.67. The molecule has 0 fully saturated rings. The van der Waals surface area contributed by atoms with Crippen LogP contribution < -0.4 is 51.4 Å². The first kappa shape index (κ1) is 59.3. The van der Waals surface area contributed by atoms with Gasteiger partial charge in [-0.05, 0) is 19.3 Å². The summed E-state index contributed by atoms with van der Waals surface area (Å²) < 4.78 is 29.5. The Bertz CT molecular complexity index is 1230. The average Bonchev–Trinajstić information content (AvgIpc) is 3.24. The molecule has 0 spiro atoms. The number of thiol groups is 1. The third-order valence-electron chi connectivity index (χ3n) is 9.46. The second-order valence-corrected chi connectivity index (χ2v) is 16.8. The molecule has 362 valence electrons. The molecule has 62 heavy (non-hydrogen) atoms. The number of unbranched alkanes of at least 4 members (excludes halogenated alkanes) is 14. The van der Waals surface area contributed by atoms with Crippen molar-refractivity contribution in [3.8, 4) is 0 Å². The molecule has 4 amide bonds. The molecule has 0 bridgehead atoms. The van der Waals surface area contributed by atoms with Gasteiger partial charge in [0.25, 0.3) is 0 Å². The van der Waals surface area contributed by atoms with Gasteiger partial charge in [0, 0.05) is 32.4 Å². The first-order valence-electron chi connectivity index (χ1n) is 22.1. The molecule has 0 heterocycles. The second-order valence-electron chi connectivity index (χ2n) is 14.8. The summed E-state index contributed by atoms with van der Waals surface area (Å²) in [5, 5.41) is 28.8. The van der Waals surface area contributed by atoms with Crippen molar-refractivity contribution in [2.24, 2.45) is 3.95 Å². The van der Waals surface area contributed by atoms with Crippen molar-refractivity contribution in [2.45, 2.75) is 147 Å². The number of carbonyl (C=O) groups is 7. The molecule has 0 unspecified atom stereocenters. The summed E-state index contributed by atoms with van der Waals surface area (Å²) in [5.41, 5.74) is 0. The van der Waals surface area contributed by atoms with E-state index < -0.39 is 39.5 Å². The van der Waals surface area contributed by atoms with Crippen molar-refractivity contribution in [1.29, 1.82) is 0 Å². The summed E-state index contributed by atoms with van der Waals surface area (Å²) in [6.45, 7) is 1.96. The fraction of sp³-hybridized carbons (Fsp3) is 0.829. The van der Waals surface area contributed by atoms with Gasteiger partial charge in [-0.3, -0.25) is 19.2 Å². The summed E-state index contributed by atoms with van der Waals surface area (Å²) >= 11 is 2.98. The molecule has 0 rings (SSSR count). The van der Waals surface area contributed by atoms with Crippen LogP contribution >= 0.6 is 12.8 Å². The Labute approximate surface area is 384 Å². The third-order valence-corrected chi connectivity index (χ3v) is 11.1. The number of nitrogens with two attached hydrogens (primary N) is 1. The van der Waals surface area contributed by atoms with Gasteiger partial charge >= 0.3 is 136 Å². The zero-order chi connectivity index (χ0) is 45.9. The topological polar surface area (TPSA) is 283 Å². The van der Waals surface area contributed by atoms with Gasteiger partial charge in [-0.15, -0.1) is 0 Å². The van der Waals surface area contributed by atoms with Gasteiger partial charge in [-0.1, -0.05) is 77.0 Å². The second kappa shape index (κ2) is 43.6. The molecule has 0 aliphatic rings. The van der Waals surface area contributed by atoms with Crippen LogP contribution in [0.2, 0.25) is 0 Å². The Kier molecular flexibility index (Phi) is 41.7. The summed E-state index contributed by atoms with van der Waals surface area (Å²) in [6.07, 6.45) is 17.5. The Morgan fingerprint density at radius 1 is 0.484 bits per heavy atom. The molecule has 0 aliphatic heterocycles. The number of carboxylic acid groups (broad SMARTS) is 2. The van der Waals surface area contributed by atoms with Crippen molar-refractivity contribution in [3.63, 3.8) is 0 Å². The van der Waals surface area contributed by atoms with Crippen LogP contribution in [0.25, 0.3) is 0 Å². The standard InChI is InChI=1S/C41H76IN6O13S/c43-42-40(55)33(48-62)17-15-16-22-44-37(51)31-60-29-28-59-26-24-46-38(52)32-61-30-27-58-25-23-45-35(49)21-20-34(41(56)57)47-36(50)18-13-11-9-7-5-3-1-2-4-6-8-10-12-14-19-39(53)54/h33-34,48,62H,1-32,43H2,(H,44,51)(H,45,49)(H,46,52)(H,47,50)(H,53,54)(H,56,57)/q-1/t33-,34-/m0/s1. The van der Waals surface area contributed by atoms with E-state index in [1.165, 1.54) is 44.9 Å². The molecule has 0 saturated heterocycles. The number of nitrogens with one attached hydrogen (secondary N) is 5. The monoisotopic (exact) mass is 1020 g/mol. The summed E-state index contributed by atoms with van der Waals surface area (Å²) in [4.78, 5) is 82.1. The van der Waals surface area contributed by atoms with Gasteiger partial charge in [-0.25, -0.2) is 4.79 Å². The predicted molar refractivity (Wildman–Crippen MR) is 232 cm³/mol. The average molecular weight is 1020 g/mol. The van der Waals surface area contributed by atoms with Crippen LogP contribution in [-0.4, -0.2) is 134 Å². The van der Waals surface area contributed by atoms with Crippen molar-refractivity contribution in [1.82, 2.24) is 26.0 Å². The molecule has 9 N–H and O–H groups in total. The molecular weight excluding hydrogens is 943 g/mol. The SMILES string of the molecule is N[I-]C(=O)[C@H](CCCCNC(=O)COCCOCCNC(=O)COCCOCCNC(=O)CC[C@H](NC(=O)CCCCCCCCCCCCCCCCC(=O)O)C(=O)O)NS. The van der Waals surface area contributed by atoms with E-state index in [9.17, 15) is 38.7 Å². The number of hydrogen-bond donors (Lipinski definition) is 9. The van der Waals surface area contributed by atoms with Gasteiger partial charge in [0.1, 0.15) is 12.6 Å². The number of carboxylic acids is 2. The number of ether oxygens (including phenoxy) is 4. The molecule has 19 nitrogen and oxygen atoms in total. The van der Waals surface area contributed by atoms with E-state index in [4.69, 9.17) is 28.0 Å². The van der Waals surface area contributed by atoms with Crippen molar-refractivity contribution >= 4 is 52.2 Å². The van der Waals surface area contributed by atoms with Crippen LogP contribution in [0.1, 0.15) is 135 Å². The zero-order valence-electron chi connectivity index (χ0n) is 36.6. The van der Waals surface area contributed by atoms with E-state index in [0.717, 1.165) is 44.9 Å². The zero-order valence-corrected chi connectivity index (χ0v) is 39.6. The van der Waals surface area contributed by atoms with Gasteiger partial charge in [0.05, 0.1) is 26.4 Å². The first-order valence-corrected chi connectivity index (χ1v) is 24.9. The minimum absolute atomic E-state index is 0.000724. The predicted octanol–water partition coefficient (Wildman–Crippen LogP) is -0.460. The molecule has 0 aromatic heterocycles. The first-order chi connectivity index (χ1) is 30.0. The number of hydrogen-bond acceptors (Lipinski definition) is 14. The van der Waals surface area contributed by atoms with Crippen LogP contribution in [0.5, 0.6) is 0 Å². The van der Waals surface area contributed by atoms with Crippen LogP contribution in [0, 0.1) is 0 Å². The van der Waals surface area contributed by atoms with Crippen LogP contribution in [0.3, 0.4) is 0 Å². The number of amides is 4. The van der Waals surface area contributed by atoms with E-state index in [1.54, 1.807) is 0 Å². The van der Waals surface area contributed by atoms with E-state index >= 15 is 0 Å². The van der Waals surface area contributed by atoms with Gasteiger partial charge in [0.15, 0.2) is 0 Å². The van der Waals surface area contributed by atoms with E-state index in [-0.39, 0.29) is 125 Å². The van der Waals surface area contributed by atoms with Gasteiger partial charge < -0.3 is 40.4 Å². The molecule has 2 atom stereocenters. The quantitative estimate of drug-likeness (QED) is 0.0123. The number of aliphatic carboxylic acids is 2. The van der Waals surface area contributed by atoms with Crippen molar-refractivity contribution < 1.29 is 84.2 Å². The summed E-state index contributed by atoms with van der Waals surface area (Å²) in [7, 11) is 0. The number of rotatable bonds is 46. The van der Waals surface area contributed by atoms with Gasteiger partial charge in [0.2, 0.25) is 17.7 Å². The molecule has 0 aromatic carbocycles. The molecule has 0 aromatic rings. The van der Waals surface area contributed by atoms with E-state index in [2.05, 4.69) is 38.8 Å². The minimum atomic E-state index is -1.19. The Morgan fingerprint density at radius 3 is 1.40 bits per heavy atom. The number of carbonyl (C=O) groups excluding carboxylic acids is 5. The summed E-state index contributed by atoms with van der Waals surface area (Å²) in [5.74, 6) is -3.16. The van der Waals surface area contributed by atoms with Crippen LogP contribution in [0.15, 0.2) is 0 Å². The Morgan fingerprint density at radius 2 is 0.935 bits per heavy atom. The normalized spacial score (nSPS) is 12.1.